The Bertz CT molecular complexity index is 1480. The van der Waals surface area contributed by atoms with Gasteiger partial charge < -0.3 is 14.8 Å². The SMILES string of the molecule is CC(=O)N1CC2CC2(n2cc3c(NC(C)c4cccc(C(F)F)c4F)nn(C)c(=O)c3cc2=O)C1. The minimum Gasteiger partial charge on any atom is -0.361 e. The molecule has 1 aromatic carbocycles. The standard InChI is InChI=1S/C24H24F3N5O3/c1-12(15-5-4-6-16(20(15)25)21(26)27)28-22-18-10-32(19(34)7-17(18)23(35)30(3)29-22)24-8-14(24)9-31(11-24)13(2)33/h4-7,10,12,14,21H,8-9,11H2,1-3H3,(H,28,29). The van der Waals surface area contributed by atoms with Crippen LogP contribution in [0.15, 0.2) is 40.1 Å². The van der Waals surface area contributed by atoms with Gasteiger partial charge in [0.05, 0.1) is 22.5 Å². The zero-order valence-electron chi connectivity index (χ0n) is 19.4. The maximum Gasteiger partial charge on any atom is 0.274 e. The highest BCUT2D eigenvalue weighted by Gasteiger charge is 2.62. The second-order valence-corrected chi connectivity index (χ2v) is 9.41. The Balaban J connectivity index is 1.59. The van der Waals surface area contributed by atoms with Crippen molar-refractivity contribution >= 4 is 22.5 Å². The van der Waals surface area contributed by atoms with Crippen LogP contribution in [0.25, 0.3) is 10.8 Å². The van der Waals surface area contributed by atoms with Crippen molar-refractivity contribution in [2.75, 3.05) is 18.4 Å². The first-order valence-corrected chi connectivity index (χ1v) is 11.3. The third-order valence-electron chi connectivity index (χ3n) is 7.23. The number of hydrogen-bond acceptors (Lipinski definition) is 5. The van der Waals surface area contributed by atoms with E-state index in [-0.39, 0.29) is 34.2 Å². The number of pyridine rings is 1. The van der Waals surface area contributed by atoms with Gasteiger partial charge in [-0.2, -0.15) is 5.10 Å². The fourth-order valence-electron chi connectivity index (χ4n) is 5.20. The van der Waals surface area contributed by atoms with Crippen LogP contribution in [0.3, 0.4) is 0 Å². The van der Waals surface area contributed by atoms with E-state index in [4.69, 9.17) is 0 Å². The summed E-state index contributed by atoms with van der Waals surface area (Å²) in [6, 6.07) is 4.28. The number of anilines is 1. The number of amides is 1. The van der Waals surface area contributed by atoms with Crippen molar-refractivity contribution in [1.29, 1.82) is 0 Å². The van der Waals surface area contributed by atoms with E-state index in [1.807, 2.05) is 0 Å². The zero-order valence-corrected chi connectivity index (χ0v) is 19.4. The van der Waals surface area contributed by atoms with Gasteiger partial charge in [-0.15, -0.1) is 0 Å². The molecule has 2 aliphatic rings. The van der Waals surface area contributed by atoms with Crippen LogP contribution in [-0.4, -0.2) is 38.2 Å². The maximum absolute atomic E-state index is 14.7. The molecule has 0 spiro atoms. The highest BCUT2D eigenvalue weighted by atomic mass is 19.3. The van der Waals surface area contributed by atoms with Crippen LogP contribution in [0.2, 0.25) is 0 Å². The van der Waals surface area contributed by atoms with Gasteiger partial charge in [-0.25, -0.2) is 17.9 Å². The molecule has 1 N–H and O–H groups in total. The summed E-state index contributed by atoms with van der Waals surface area (Å²) in [6.07, 6.45) is -0.651. The first kappa shape index (κ1) is 23.1. The Kier molecular flexibility index (Phi) is 5.26. The molecule has 2 fully saturated rings. The topological polar surface area (TPSA) is 89.2 Å². The van der Waals surface area contributed by atoms with Crippen LogP contribution in [-0.2, 0) is 17.4 Å². The summed E-state index contributed by atoms with van der Waals surface area (Å²) >= 11 is 0. The molecular weight excluding hydrogens is 463 g/mol. The van der Waals surface area contributed by atoms with Gasteiger partial charge in [-0.1, -0.05) is 18.2 Å². The molecule has 5 rings (SSSR count). The van der Waals surface area contributed by atoms with Crippen LogP contribution in [0, 0.1) is 11.7 Å². The molecule has 3 aromatic rings. The van der Waals surface area contributed by atoms with E-state index < -0.39 is 34.9 Å². The fraction of sp³-hybridized carbons (Fsp3) is 0.417. The molecule has 3 unspecified atom stereocenters. The number of piperidine rings is 1. The zero-order chi connectivity index (χ0) is 25.2. The molecule has 11 heteroatoms. The van der Waals surface area contributed by atoms with E-state index in [0.717, 1.165) is 17.2 Å². The number of halogens is 3. The molecule has 2 aromatic heterocycles. The van der Waals surface area contributed by atoms with Crippen molar-refractivity contribution in [3.8, 4) is 0 Å². The largest absolute Gasteiger partial charge is 0.361 e. The number of benzene rings is 1. The Labute approximate surface area is 198 Å². The molecular formula is C24H24F3N5O3. The summed E-state index contributed by atoms with van der Waals surface area (Å²) in [4.78, 5) is 39.4. The number of likely N-dealkylation sites (tertiary alicyclic amines) is 1. The number of carbonyl (C=O) groups is 1. The minimum atomic E-state index is -2.96. The lowest BCUT2D eigenvalue weighted by Crippen LogP contribution is -2.38. The van der Waals surface area contributed by atoms with Gasteiger partial charge in [-0.3, -0.25) is 14.4 Å². The second kappa shape index (κ2) is 7.96. The molecule has 35 heavy (non-hydrogen) atoms. The van der Waals surface area contributed by atoms with Crippen molar-refractivity contribution < 1.29 is 18.0 Å². The molecule has 0 bridgehead atoms. The quantitative estimate of drug-likeness (QED) is 0.598. The van der Waals surface area contributed by atoms with Gasteiger partial charge in [-0.05, 0) is 13.3 Å². The summed E-state index contributed by atoms with van der Waals surface area (Å²) in [7, 11) is 1.43. The number of fused-ring (bicyclic) bond motifs is 2. The highest BCUT2D eigenvalue weighted by molar-refractivity contribution is 5.90. The third-order valence-corrected chi connectivity index (χ3v) is 7.23. The van der Waals surface area contributed by atoms with E-state index in [1.54, 1.807) is 22.6 Å². The molecule has 1 amide bonds. The molecule has 8 nitrogen and oxygen atoms in total. The first-order valence-electron chi connectivity index (χ1n) is 11.3. The summed E-state index contributed by atoms with van der Waals surface area (Å²) in [6.45, 7) is 4.05. The van der Waals surface area contributed by atoms with Gasteiger partial charge in [0.15, 0.2) is 5.82 Å². The van der Waals surface area contributed by atoms with Crippen molar-refractivity contribution in [3.63, 3.8) is 0 Å². The van der Waals surface area contributed by atoms with Gasteiger partial charge in [0.1, 0.15) is 5.82 Å². The van der Waals surface area contributed by atoms with Gasteiger partial charge >= 0.3 is 0 Å². The van der Waals surface area contributed by atoms with Crippen molar-refractivity contribution in [2.24, 2.45) is 13.0 Å². The van der Waals surface area contributed by atoms with Gasteiger partial charge in [0.25, 0.3) is 17.5 Å². The average molecular weight is 487 g/mol. The predicted molar refractivity (Wildman–Crippen MR) is 123 cm³/mol. The number of hydrogen-bond donors (Lipinski definition) is 1. The second-order valence-electron chi connectivity index (χ2n) is 9.41. The Morgan fingerprint density at radius 3 is 2.60 bits per heavy atom. The van der Waals surface area contributed by atoms with Crippen molar-refractivity contribution in [3.05, 3.63) is 68.1 Å². The molecule has 3 heterocycles. The smallest absolute Gasteiger partial charge is 0.274 e. The third kappa shape index (κ3) is 3.60. The minimum absolute atomic E-state index is 0.0219. The van der Waals surface area contributed by atoms with Crippen LogP contribution >= 0.6 is 0 Å². The monoisotopic (exact) mass is 487 g/mol. The number of alkyl halides is 2. The first-order chi connectivity index (χ1) is 16.5. The van der Waals surface area contributed by atoms with Gasteiger partial charge in [0, 0.05) is 56.2 Å². The van der Waals surface area contributed by atoms with Crippen molar-refractivity contribution in [1.82, 2.24) is 19.2 Å². The fourth-order valence-corrected chi connectivity index (χ4v) is 5.20. The Morgan fingerprint density at radius 2 is 1.94 bits per heavy atom. The lowest BCUT2D eigenvalue weighted by Gasteiger charge is -2.23. The molecule has 1 aliphatic heterocycles. The summed E-state index contributed by atoms with van der Waals surface area (Å²) < 4.78 is 43.7. The normalized spacial score (nSPS) is 21.9. The molecule has 1 saturated carbocycles. The summed E-state index contributed by atoms with van der Waals surface area (Å²) in [5, 5.41) is 7.79. The van der Waals surface area contributed by atoms with Gasteiger partial charge in [0.2, 0.25) is 5.91 Å². The lowest BCUT2D eigenvalue weighted by atomic mass is 10.0. The lowest BCUT2D eigenvalue weighted by molar-refractivity contribution is -0.128. The van der Waals surface area contributed by atoms with E-state index in [0.29, 0.717) is 18.5 Å². The van der Waals surface area contributed by atoms with Crippen molar-refractivity contribution in [2.45, 2.75) is 38.3 Å². The number of nitrogens with one attached hydrogen (secondary N) is 1. The number of rotatable bonds is 5. The number of nitrogens with zero attached hydrogens (tertiary/aromatic N) is 4. The molecule has 1 saturated heterocycles. The number of carbonyl (C=O) groups excluding carboxylic acids is 1. The van der Waals surface area contributed by atoms with Crippen LogP contribution in [0.4, 0.5) is 19.0 Å². The Morgan fingerprint density at radius 1 is 1.23 bits per heavy atom. The van der Waals surface area contributed by atoms with Crippen LogP contribution < -0.4 is 16.4 Å². The summed E-state index contributed by atoms with van der Waals surface area (Å²) in [5.41, 5.74) is -2.04. The van der Waals surface area contributed by atoms with E-state index in [9.17, 15) is 27.6 Å². The number of aryl methyl sites for hydroxylation is 1. The predicted octanol–water partition coefficient (Wildman–Crippen LogP) is 2.92. The molecule has 0 radical (unpaired) electrons. The molecule has 184 valence electrons. The van der Waals surface area contributed by atoms with Crippen LogP contribution in [0.1, 0.15) is 43.9 Å². The average Bonchev–Trinajstić information content (AvgIpc) is 3.36. The highest BCUT2D eigenvalue weighted by Crippen LogP contribution is 2.55. The van der Waals surface area contributed by atoms with E-state index in [1.165, 1.54) is 32.2 Å². The van der Waals surface area contributed by atoms with Crippen LogP contribution in [0.5, 0.6) is 0 Å². The Hall–Kier alpha value is -3.63. The van der Waals surface area contributed by atoms with E-state index >= 15 is 0 Å². The molecule has 3 atom stereocenters. The summed E-state index contributed by atoms with van der Waals surface area (Å²) in [5.74, 6) is -0.725. The molecule has 1 aliphatic carbocycles. The number of aromatic nitrogens is 3. The maximum atomic E-state index is 14.7. The van der Waals surface area contributed by atoms with E-state index in [2.05, 4.69) is 10.4 Å².